The molecule has 2 amide bonds. The van der Waals surface area contributed by atoms with Crippen LogP contribution in [0.1, 0.15) is 40.9 Å². The monoisotopic (exact) mass is 469 g/mol. The Morgan fingerprint density at radius 1 is 1.22 bits per heavy atom. The molecule has 32 heavy (non-hydrogen) atoms. The smallest absolute Gasteiger partial charge is 0.372 e. The zero-order valence-electron chi connectivity index (χ0n) is 17.5. The van der Waals surface area contributed by atoms with Crippen LogP contribution >= 0.6 is 11.6 Å². The Morgan fingerprint density at radius 3 is 2.41 bits per heavy atom. The SMILES string of the molecule is CCN(CC)CCN1C(=O)[C@@](O)(c2cccc(Cl)c2)c2c1cc(C(N)=O)cc2C(F)(F)F. The minimum Gasteiger partial charge on any atom is -0.372 e. The van der Waals surface area contributed by atoms with Crippen LogP contribution in [0.15, 0.2) is 36.4 Å². The summed E-state index contributed by atoms with van der Waals surface area (Å²) in [5.74, 6) is -2.03. The summed E-state index contributed by atoms with van der Waals surface area (Å²) in [4.78, 5) is 28.3. The van der Waals surface area contributed by atoms with E-state index in [0.29, 0.717) is 25.7 Å². The van der Waals surface area contributed by atoms with Gasteiger partial charge in [0.1, 0.15) is 0 Å². The summed E-state index contributed by atoms with van der Waals surface area (Å²) in [5, 5.41) is 11.7. The molecule has 0 radical (unpaired) electrons. The standard InChI is InChI=1S/C22H23ClF3N3O3/c1-3-28(4-2)8-9-29-17-11-13(19(27)30)10-16(22(24,25)26)18(17)21(32,20(29)31)14-6-5-7-15(23)12-14/h5-7,10-12,32H,3-4,8-9H2,1-2H3,(H2,27,30)/t21-/m1/s1. The fourth-order valence-electron chi connectivity index (χ4n) is 3.98. The van der Waals surface area contributed by atoms with Crippen molar-refractivity contribution in [2.24, 2.45) is 5.73 Å². The van der Waals surface area contributed by atoms with E-state index in [1.807, 2.05) is 18.7 Å². The number of fused-ring (bicyclic) bond motifs is 1. The number of nitrogens with two attached hydrogens (primary N) is 1. The molecule has 1 aliphatic rings. The number of hydrogen-bond donors (Lipinski definition) is 2. The van der Waals surface area contributed by atoms with Gasteiger partial charge in [-0.3, -0.25) is 9.59 Å². The molecule has 2 aromatic rings. The highest BCUT2D eigenvalue weighted by Crippen LogP contribution is 2.50. The highest BCUT2D eigenvalue weighted by atomic mass is 35.5. The van der Waals surface area contributed by atoms with Gasteiger partial charge in [-0.1, -0.05) is 37.6 Å². The van der Waals surface area contributed by atoms with Gasteiger partial charge in [0.05, 0.1) is 11.3 Å². The summed E-state index contributed by atoms with van der Waals surface area (Å²) in [5.41, 5.74) is -0.0156. The number of nitrogens with zero attached hydrogens (tertiary/aromatic N) is 2. The third-order valence-electron chi connectivity index (χ3n) is 5.69. The number of amides is 2. The molecule has 172 valence electrons. The minimum atomic E-state index is -4.96. The normalized spacial score (nSPS) is 18.4. The fraction of sp³-hybridized carbons (Fsp3) is 0.364. The molecule has 6 nitrogen and oxygen atoms in total. The van der Waals surface area contributed by atoms with E-state index in [1.54, 1.807) is 0 Å². The number of carbonyl (C=O) groups is 2. The lowest BCUT2D eigenvalue weighted by atomic mass is 9.83. The molecule has 2 aromatic carbocycles. The van der Waals surface area contributed by atoms with Crippen LogP contribution in [-0.4, -0.2) is 48.0 Å². The molecule has 1 aliphatic heterocycles. The summed E-state index contributed by atoms with van der Waals surface area (Å²) in [6.45, 7) is 5.52. The van der Waals surface area contributed by atoms with Crippen molar-refractivity contribution in [3.8, 4) is 0 Å². The quantitative estimate of drug-likeness (QED) is 0.651. The van der Waals surface area contributed by atoms with Crippen LogP contribution in [0.25, 0.3) is 0 Å². The molecule has 0 spiro atoms. The number of halogens is 4. The lowest BCUT2D eigenvalue weighted by Gasteiger charge is -2.26. The third-order valence-corrected chi connectivity index (χ3v) is 5.93. The van der Waals surface area contributed by atoms with E-state index in [0.717, 1.165) is 11.0 Å². The van der Waals surface area contributed by atoms with Gasteiger partial charge in [0.2, 0.25) is 5.91 Å². The van der Waals surface area contributed by atoms with Gasteiger partial charge in [0.25, 0.3) is 5.91 Å². The van der Waals surface area contributed by atoms with Gasteiger partial charge < -0.3 is 20.6 Å². The summed E-state index contributed by atoms with van der Waals surface area (Å²) >= 11 is 6.01. The van der Waals surface area contributed by atoms with Gasteiger partial charge in [0, 0.05) is 29.2 Å². The molecule has 0 fully saturated rings. The number of hydrogen-bond acceptors (Lipinski definition) is 4. The first kappa shape index (κ1) is 24.0. The van der Waals surface area contributed by atoms with Gasteiger partial charge >= 0.3 is 6.18 Å². The Bertz CT molecular complexity index is 1060. The predicted molar refractivity (Wildman–Crippen MR) is 115 cm³/mol. The van der Waals surface area contributed by atoms with Gasteiger partial charge in [-0.05, 0) is 42.9 Å². The first-order chi connectivity index (χ1) is 14.9. The van der Waals surface area contributed by atoms with E-state index < -0.39 is 40.3 Å². The molecule has 0 aromatic heterocycles. The first-order valence-electron chi connectivity index (χ1n) is 10.0. The second-order valence-corrected chi connectivity index (χ2v) is 7.92. The van der Waals surface area contributed by atoms with E-state index in [4.69, 9.17) is 17.3 Å². The largest absolute Gasteiger partial charge is 0.416 e. The van der Waals surface area contributed by atoms with Gasteiger partial charge in [0.15, 0.2) is 5.60 Å². The number of rotatable bonds is 7. The Morgan fingerprint density at radius 2 is 1.88 bits per heavy atom. The average Bonchev–Trinajstić information content (AvgIpc) is 2.95. The predicted octanol–water partition coefficient (Wildman–Crippen LogP) is 3.38. The molecule has 1 heterocycles. The Labute approximate surface area is 188 Å². The Kier molecular flexibility index (Phi) is 6.55. The average molecular weight is 470 g/mol. The highest BCUT2D eigenvalue weighted by Gasteiger charge is 2.56. The zero-order chi connectivity index (χ0) is 23.8. The third kappa shape index (κ3) is 4.07. The molecule has 0 saturated heterocycles. The second-order valence-electron chi connectivity index (χ2n) is 7.48. The second kappa shape index (κ2) is 8.73. The fourth-order valence-corrected chi connectivity index (χ4v) is 4.17. The van der Waals surface area contributed by atoms with E-state index in [1.165, 1.54) is 24.3 Å². The maximum Gasteiger partial charge on any atom is 0.416 e. The first-order valence-corrected chi connectivity index (χ1v) is 10.4. The van der Waals surface area contributed by atoms with Crippen LogP contribution in [0.5, 0.6) is 0 Å². The van der Waals surface area contributed by atoms with Crippen LogP contribution < -0.4 is 10.6 Å². The lowest BCUT2D eigenvalue weighted by molar-refractivity contribution is -0.142. The van der Waals surface area contributed by atoms with Gasteiger partial charge in [-0.25, -0.2) is 0 Å². The topological polar surface area (TPSA) is 86.9 Å². The number of primary amides is 1. The molecular formula is C22H23ClF3N3O3. The molecule has 0 saturated carbocycles. The van der Waals surface area contributed by atoms with Crippen LogP contribution in [0.4, 0.5) is 18.9 Å². The van der Waals surface area contributed by atoms with Crippen LogP contribution in [0.3, 0.4) is 0 Å². The van der Waals surface area contributed by atoms with Crippen molar-refractivity contribution in [3.05, 3.63) is 63.7 Å². The van der Waals surface area contributed by atoms with Crippen molar-refractivity contribution in [2.45, 2.75) is 25.6 Å². The summed E-state index contributed by atoms with van der Waals surface area (Å²) < 4.78 is 42.2. The Balaban J connectivity index is 2.30. The minimum absolute atomic E-state index is 0.00982. The van der Waals surface area contributed by atoms with Crippen molar-refractivity contribution in [1.29, 1.82) is 0 Å². The molecule has 10 heteroatoms. The molecular weight excluding hydrogens is 447 g/mol. The maximum atomic E-state index is 14.1. The summed E-state index contributed by atoms with van der Waals surface area (Å²) in [7, 11) is 0. The van der Waals surface area contributed by atoms with Crippen LogP contribution in [-0.2, 0) is 16.6 Å². The number of carbonyl (C=O) groups excluding carboxylic acids is 2. The van der Waals surface area contributed by atoms with Crippen molar-refractivity contribution in [1.82, 2.24) is 4.90 Å². The molecule has 1 atom stereocenters. The van der Waals surface area contributed by atoms with Crippen molar-refractivity contribution in [2.75, 3.05) is 31.1 Å². The van der Waals surface area contributed by atoms with Gasteiger partial charge in [-0.2, -0.15) is 13.2 Å². The van der Waals surface area contributed by atoms with Crippen molar-refractivity contribution < 1.29 is 27.9 Å². The van der Waals surface area contributed by atoms with Crippen LogP contribution in [0, 0.1) is 0 Å². The summed E-state index contributed by atoms with van der Waals surface area (Å²) in [6, 6.07) is 7.19. The van der Waals surface area contributed by atoms with E-state index in [9.17, 15) is 27.9 Å². The van der Waals surface area contributed by atoms with E-state index in [-0.39, 0.29) is 22.8 Å². The van der Waals surface area contributed by atoms with E-state index >= 15 is 0 Å². The number of alkyl halides is 3. The summed E-state index contributed by atoms with van der Waals surface area (Å²) in [6.07, 6.45) is -4.96. The maximum absolute atomic E-state index is 14.1. The van der Waals surface area contributed by atoms with Crippen LogP contribution in [0.2, 0.25) is 5.02 Å². The molecule has 3 rings (SSSR count). The number of likely N-dealkylation sites (N-methyl/N-ethyl adjacent to an activating group) is 1. The molecule has 3 N–H and O–H groups in total. The van der Waals surface area contributed by atoms with E-state index in [2.05, 4.69) is 0 Å². The molecule has 0 unspecified atom stereocenters. The number of anilines is 1. The lowest BCUT2D eigenvalue weighted by Crippen LogP contribution is -2.44. The highest BCUT2D eigenvalue weighted by molar-refractivity contribution is 6.30. The van der Waals surface area contributed by atoms with Crippen molar-refractivity contribution >= 4 is 29.1 Å². The van der Waals surface area contributed by atoms with Crippen molar-refractivity contribution in [3.63, 3.8) is 0 Å². The van der Waals surface area contributed by atoms with Gasteiger partial charge in [-0.15, -0.1) is 0 Å². The molecule has 0 bridgehead atoms. The molecule has 0 aliphatic carbocycles. The Hall–Kier alpha value is -2.62. The number of benzene rings is 2. The number of aliphatic hydroxyl groups is 1. The zero-order valence-corrected chi connectivity index (χ0v) is 18.3.